The Morgan fingerprint density at radius 2 is 2.11 bits per heavy atom. The second-order valence-electron chi connectivity index (χ2n) is 7.19. The molecule has 1 aliphatic heterocycles. The Morgan fingerprint density at radius 3 is 2.81 bits per heavy atom. The van der Waals surface area contributed by atoms with Crippen LogP contribution in [-0.2, 0) is 17.8 Å². The van der Waals surface area contributed by atoms with Gasteiger partial charge in [-0.3, -0.25) is 9.88 Å². The summed E-state index contributed by atoms with van der Waals surface area (Å²) in [6.07, 6.45) is 8.29. The minimum Gasteiger partial charge on any atom is -0.377 e. The molecule has 5 heteroatoms. The van der Waals surface area contributed by atoms with Crippen molar-refractivity contribution in [2.24, 2.45) is 0 Å². The van der Waals surface area contributed by atoms with Crippen LogP contribution in [0.4, 0.5) is 0 Å². The lowest BCUT2D eigenvalue weighted by atomic mass is 10.1. The molecule has 4 rings (SSSR count). The van der Waals surface area contributed by atoms with Crippen molar-refractivity contribution < 1.29 is 4.74 Å². The van der Waals surface area contributed by atoms with Crippen molar-refractivity contribution in [3.05, 3.63) is 77.9 Å². The van der Waals surface area contributed by atoms with Gasteiger partial charge in [-0.25, -0.2) is 4.68 Å². The molecule has 1 aliphatic rings. The maximum absolute atomic E-state index is 5.88. The van der Waals surface area contributed by atoms with Crippen LogP contribution in [0.5, 0.6) is 0 Å². The zero-order chi connectivity index (χ0) is 18.5. The molecule has 2 aromatic heterocycles. The number of nitrogens with zero attached hydrogens (tertiary/aromatic N) is 4. The molecular formula is C22H26N4O. The molecule has 1 aromatic carbocycles. The lowest BCUT2D eigenvalue weighted by molar-refractivity contribution is 0.0674. The van der Waals surface area contributed by atoms with E-state index in [9.17, 15) is 0 Å². The van der Waals surface area contributed by atoms with Crippen LogP contribution in [0.1, 0.15) is 29.7 Å². The molecule has 0 amide bonds. The predicted molar refractivity (Wildman–Crippen MR) is 106 cm³/mol. The second kappa shape index (κ2) is 8.46. The number of hydrogen-bond donors (Lipinski definition) is 0. The largest absolute Gasteiger partial charge is 0.377 e. The van der Waals surface area contributed by atoms with Crippen molar-refractivity contribution in [3.63, 3.8) is 0 Å². The monoisotopic (exact) mass is 362 g/mol. The normalized spacial score (nSPS) is 16.9. The smallest absolute Gasteiger partial charge is 0.0703 e. The number of aromatic nitrogens is 3. The molecule has 0 radical (unpaired) electrons. The summed E-state index contributed by atoms with van der Waals surface area (Å²) in [5.41, 5.74) is 4.80. The average molecular weight is 362 g/mol. The van der Waals surface area contributed by atoms with Gasteiger partial charge in [0.2, 0.25) is 0 Å². The van der Waals surface area contributed by atoms with E-state index in [2.05, 4.69) is 52.2 Å². The third-order valence-corrected chi connectivity index (χ3v) is 5.09. The highest BCUT2D eigenvalue weighted by Gasteiger charge is 2.20. The number of ether oxygens (including phenoxy) is 1. The topological polar surface area (TPSA) is 43.2 Å². The molecule has 5 nitrogen and oxygen atoms in total. The van der Waals surface area contributed by atoms with Gasteiger partial charge in [0, 0.05) is 44.8 Å². The summed E-state index contributed by atoms with van der Waals surface area (Å²) in [6.45, 7) is 5.73. The van der Waals surface area contributed by atoms with E-state index in [-0.39, 0.29) is 0 Å². The zero-order valence-corrected chi connectivity index (χ0v) is 15.8. The quantitative estimate of drug-likeness (QED) is 0.642. The second-order valence-corrected chi connectivity index (χ2v) is 7.19. The Hall–Kier alpha value is -2.50. The number of aryl methyl sites for hydroxylation is 1. The molecular weight excluding hydrogens is 336 g/mol. The van der Waals surface area contributed by atoms with Crippen molar-refractivity contribution >= 4 is 0 Å². The fraction of sp³-hybridized carbons (Fsp3) is 0.364. The summed E-state index contributed by atoms with van der Waals surface area (Å²) in [4.78, 5) is 6.96. The van der Waals surface area contributed by atoms with E-state index in [1.807, 2.05) is 29.2 Å². The van der Waals surface area contributed by atoms with E-state index in [0.717, 1.165) is 44.0 Å². The molecule has 140 valence electrons. The third kappa shape index (κ3) is 4.62. The lowest BCUT2D eigenvalue weighted by Gasteiger charge is -2.26. The van der Waals surface area contributed by atoms with Gasteiger partial charge in [-0.15, -0.1) is 0 Å². The molecule has 1 atom stereocenters. The maximum atomic E-state index is 5.88. The minimum absolute atomic E-state index is 0.331. The Morgan fingerprint density at radius 1 is 1.15 bits per heavy atom. The van der Waals surface area contributed by atoms with E-state index in [1.165, 1.54) is 17.5 Å². The van der Waals surface area contributed by atoms with Crippen molar-refractivity contribution in [2.75, 3.05) is 13.2 Å². The van der Waals surface area contributed by atoms with E-state index in [1.54, 1.807) is 6.20 Å². The van der Waals surface area contributed by atoms with Gasteiger partial charge in [0.1, 0.15) is 0 Å². The van der Waals surface area contributed by atoms with Gasteiger partial charge >= 0.3 is 0 Å². The summed E-state index contributed by atoms with van der Waals surface area (Å²) < 4.78 is 7.78. The van der Waals surface area contributed by atoms with Crippen LogP contribution in [0.25, 0.3) is 5.69 Å². The molecule has 3 aromatic rings. The number of pyridine rings is 1. The van der Waals surface area contributed by atoms with Crippen molar-refractivity contribution in [3.8, 4) is 5.69 Å². The fourth-order valence-corrected chi connectivity index (χ4v) is 3.64. The zero-order valence-electron chi connectivity index (χ0n) is 15.8. The van der Waals surface area contributed by atoms with Gasteiger partial charge in [0.05, 0.1) is 17.5 Å². The summed E-state index contributed by atoms with van der Waals surface area (Å²) in [7, 11) is 0. The van der Waals surface area contributed by atoms with E-state index >= 15 is 0 Å². The van der Waals surface area contributed by atoms with Crippen LogP contribution in [-0.4, -0.2) is 38.9 Å². The Labute approximate surface area is 160 Å². The molecule has 27 heavy (non-hydrogen) atoms. The number of benzene rings is 1. The van der Waals surface area contributed by atoms with E-state index < -0.39 is 0 Å². The minimum atomic E-state index is 0.331. The highest BCUT2D eigenvalue weighted by Crippen LogP contribution is 2.20. The lowest BCUT2D eigenvalue weighted by Crippen LogP contribution is -2.32. The van der Waals surface area contributed by atoms with E-state index in [0.29, 0.717) is 6.10 Å². The van der Waals surface area contributed by atoms with Crippen LogP contribution in [0.15, 0.2) is 61.1 Å². The average Bonchev–Trinajstić information content (AvgIpc) is 3.38. The summed E-state index contributed by atoms with van der Waals surface area (Å²) in [5, 5.41) is 4.32. The van der Waals surface area contributed by atoms with Gasteiger partial charge in [-0.1, -0.05) is 12.1 Å². The Kier molecular flexibility index (Phi) is 5.61. The standard InChI is InChI=1S/C22H26N4O/c1-18-14-21(26-12-5-11-24-26)9-8-19(18)15-25(17-22-7-4-13-27-22)16-20-6-2-3-10-23-20/h2-3,5-6,8-12,14,22H,4,7,13,15-17H2,1H3. The first-order valence-corrected chi connectivity index (χ1v) is 9.61. The molecule has 0 saturated carbocycles. The van der Waals surface area contributed by atoms with Crippen LogP contribution in [0, 0.1) is 6.92 Å². The first-order chi connectivity index (χ1) is 13.3. The van der Waals surface area contributed by atoms with Crippen LogP contribution < -0.4 is 0 Å². The van der Waals surface area contributed by atoms with Crippen LogP contribution in [0.2, 0.25) is 0 Å². The molecule has 1 unspecified atom stereocenters. The first kappa shape index (κ1) is 17.9. The third-order valence-electron chi connectivity index (χ3n) is 5.09. The van der Waals surface area contributed by atoms with Crippen molar-refractivity contribution in [2.45, 2.75) is 39.0 Å². The van der Waals surface area contributed by atoms with Crippen molar-refractivity contribution in [1.82, 2.24) is 19.7 Å². The highest BCUT2D eigenvalue weighted by molar-refractivity contribution is 5.39. The predicted octanol–water partition coefficient (Wildman–Crippen LogP) is 3.76. The van der Waals surface area contributed by atoms with Crippen molar-refractivity contribution in [1.29, 1.82) is 0 Å². The highest BCUT2D eigenvalue weighted by atomic mass is 16.5. The molecule has 0 spiro atoms. The maximum Gasteiger partial charge on any atom is 0.0703 e. The molecule has 0 bridgehead atoms. The van der Waals surface area contributed by atoms with Gasteiger partial charge in [0.25, 0.3) is 0 Å². The Balaban J connectivity index is 1.51. The summed E-state index contributed by atoms with van der Waals surface area (Å²) in [5.74, 6) is 0. The van der Waals surface area contributed by atoms with Gasteiger partial charge in [-0.05, 0) is 61.2 Å². The van der Waals surface area contributed by atoms with E-state index in [4.69, 9.17) is 4.74 Å². The fourth-order valence-electron chi connectivity index (χ4n) is 3.64. The van der Waals surface area contributed by atoms with Gasteiger partial charge in [0.15, 0.2) is 0 Å². The molecule has 1 fully saturated rings. The number of hydrogen-bond acceptors (Lipinski definition) is 4. The summed E-state index contributed by atoms with van der Waals surface area (Å²) >= 11 is 0. The molecule has 1 saturated heterocycles. The molecule has 0 N–H and O–H groups in total. The van der Waals surface area contributed by atoms with Gasteiger partial charge in [-0.2, -0.15) is 5.10 Å². The van der Waals surface area contributed by atoms with Crippen LogP contribution in [0.3, 0.4) is 0 Å². The summed E-state index contributed by atoms with van der Waals surface area (Å²) in [6, 6.07) is 14.6. The number of rotatable bonds is 7. The molecule has 3 heterocycles. The SMILES string of the molecule is Cc1cc(-n2cccn2)ccc1CN(Cc1ccccn1)CC1CCCO1. The first-order valence-electron chi connectivity index (χ1n) is 9.61. The molecule has 0 aliphatic carbocycles. The Bertz CT molecular complexity index is 842. The van der Waals surface area contributed by atoms with Gasteiger partial charge < -0.3 is 4.74 Å². The van der Waals surface area contributed by atoms with Crippen LogP contribution >= 0.6 is 0 Å².